The van der Waals surface area contributed by atoms with E-state index in [1.165, 1.54) is 12.1 Å². The quantitative estimate of drug-likeness (QED) is 0.873. The first-order chi connectivity index (χ1) is 10.2. The molecule has 0 radical (unpaired) electrons. The fourth-order valence-electron chi connectivity index (χ4n) is 2.26. The third-order valence-electron chi connectivity index (χ3n) is 3.28. The molecule has 1 saturated heterocycles. The molecule has 0 saturated carbocycles. The summed E-state index contributed by atoms with van der Waals surface area (Å²) in [7, 11) is -3.94. The monoisotopic (exact) mass is 336 g/mol. The molecule has 2 N–H and O–H groups in total. The number of sulfonamides is 1. The molecule has 1 aliphatic rings. The van der Waals surface area contributed by atoms with Gasteiger partial charge in [-0.05, 0) is 18.1 Å². The molecule has 1 fully saturated rings. The lowest BCUT2D eigenvalue weighted by Crippen LogP contribution is -2.48. The van der Waals surface area contributed by atoms with Gasteiger partial charge in [-0.2, -0.15) is 13.2 Å². The average molecular weight is 336 g/mol. The van der Waals surface area contributed by atoms with Crippen LogP contribution in [0.25, 0.3) is 0 Å². The van der Waals surface area contributed by atoms with Crippen LogP contribution in [0.2, 0.25) is 0 Å². The van der Waals surface area contributed by atoms with Gasteiger partial charge in [-0.3, -0.25) is 4.79 Å². The van der Waals surface area contributed by atoms with E-state index in [0.717, 1.165) is 12.1 Å². The number of carbonyl (C=O) groups excluding carboxylic acids is 1. The van der Waals surface area contributed by atoms with E-state index in [-0.39, 0.29) is 24.4 Å². The molecule has 1 atom stereocenters. The van der Waals surface area contributed by atoms with E-state index in [4.69, 9.17) is 0 Å². The highest BCUT2D eigenvalue weighted by Crippen LogP contribution is 2.32. The number of benzene rings is 1. The molecular weight excluding hydrogens is 321 g/mol. The molecule has 122 valence electrons. The Kier molecular flexibility index (Phi) is 4.76. The summed E-state index contributed by atoms with van der Waals surface area (Å²) >= 11 is 0. The molecule has 0 spiro atoms. The van der Waals surface area contributed by atoms with Gasteiger partial charge in [0, 0.05) is 19.0 Å². The maximum atomic E-state index is 12.9. The molecule has 1 heterocycles. The van der Waals surface area contributed by atoms with Crippen LogP contribution in [0.1, 0.15) is 24.0 Å². The highest BCUT2D eigenvalue weighted by Gasteiger charge is 2.34. The summed E-state index contributed by atoms with van der Waals surface area (Å²) < 4.78 is 65.0. The van der Waals surface area contributed by atoms with Crippen LogP contribution in [0.4, 0.5) is 13.2 Å². The fraction of sp³-hybridized carbons (Fsp3) is 0.462. The summed E-state index contributed by atoms with van der Waals surface area (Å²) in [6, 6.07) is 4.07. The van der Waals surface area contributed by atoms with Crippen LogP contribution in [-0.4, -0.2) is 26.9 Å². The van der Waals surface area contributed by atoms with Crippen molar-refractivity contribution in [3.05, 3.63) is 35.4 Å². The number of nitrogens with one attached hydrogen (secondary N) is 2. The normalized spacial score (nSPS) is 19.8. The third kappa shape index (κ3) is 4.44. The van der Waals surface area contributed by atoms with Gasteiger partial charge in [0.2, 0.25) is 15.9 Å². The smallest absolute Gasteiger partial charge is 0.355 e. The number of piperidine rings is 1. The molecule has 22 heavy (non-hydrogen) atoms. The van der Waals surface area contributed by atoms with E-state index in [2.05, 4.69) is 10.0 Å². The van der Waals surface area contributed by atoms with Crippen molar-refractivity contribution < 1.29 is 26.4 Å². The van der Waals surface area contributed by atoms with E-state index in [9.17, 15) is 26.4 Å². The predicted octanol–water partition coefficient (Wildman–Crippen LogP) is 1.40. The van der Waals surface area contributed by atoms with Crippen molar-refractivity contribution in [2.24, 2.45) is 0 Å². The Balaban J connectivity index is 2.11. The molecule has 2 rings (SSSR count). The number of carbonyl (C=O) groups is 1. The minimum Gasteiger partial charge on any atom is -0.355 e. The highest BCUT2D eigenvalue weighted by atomic mass is 32.2. The minimum atomic E-state index is -4.61. The van der Waals surface area contributed by atoms with Crippen molar-refractivity contribution in [1.82, 2.24) is 10.0 Å². The van der Waals surface area contributed by atoms with Gasteiger partial charge in [0.05, 0.1) is 11.3 Å². The zero-order valence-electron chi connectivity index (χ0n) is 11.5. The molecule has 1 aliphatic heterocycles. The van der Waals surface area contributed by atoms with Crippen LogP contribution in [0, 0.1) is 0 Å². The van der Waals surface area contributed by atoms with E-state index < -0.39 is 33.6 Å². The molecular formula is C13H15F3N2O3S. The van der Waals surface area contributed by atoms with E-state index >= 15 is 0 Å². The Hall–Kier alpha value is -1.61. The molecule has 9 heteroatoms. The summed E-state index contributed by atoms with van der Waals surface area (Å²) in [5.41, 5.74) is -1.26. The molecule has 1 aromatic rings. The summed E-state index contributed by atoms with van der Waals surface area (Å²) in [4.78, 5) is 11.0. The summed E-state index contributed by atoms with van der Waals surface area (Å²) in [5.74, 6) is -0.925. The number of hydrogen-bond donors (Lipinski definition) is 2. The number of amides is 1. The van der Waals surface area contributed by atoms with Crippen LogP contribution in [0.15, 0.2) is 24.3 Å². The zero-order valence-corrected chi connectivity index (χ0v) is 12.3. The average Bonchev–Trinajstić information content (AvgIpc) is 2.40. The Labute approximate surface area is 125 Å². The molecule has 0 aliphatic carbocycles. The second-order valence-corrected chi connectivity index (χ2v) is 6.83. The van der Waals surface area contributed by atoms with Gasteiger partial charge in [0.25, 0.3) is 0 Å². The van der Waals surface area contributed by atoms with Crippen molar-refractivity contribution >= 4 is 15.9 Å². The molecule has 0 unspecified atom stereocenters. The maximum absolute atomic E-state index is 12.9. The van der Waals surface area contributed by atoms with Crippen LogP contribution in [0.3, 0.4) is 0 Å². The van der Waals surface area contributed by atoms with Crippen LogP contribution < -0.4 is 10.0 Å². The van der Waals surface area contributed by atoms with Gasteiger partial charge in [0.15, 0.2) is 0 Å². The van der Waals surface area contributed by atoms with Gasteiger partial charge in [-0.15, -0.1) is 0 Å². The van der Waals surface area contributed by atoms with Gasteiger partial charge >= 0.3 is 6.18 Å². The van der Waals surface area contributed by atoms with Crippen molar-refractivity contribution in [1.29, 1.82) is 0 Å². The van der Waals surface area contributed by atoms with E-state index in [0.29, 0.717) is 6.42 Å². The number of alkyl halides is 3. The number of halogens is 3. The lowest BCUT2D eigenvalue weighted by molar-refractivity contribution is -0.138. The molecule has 0 aromatic heterocycles. The molecule has 1 amide bonds. The van der Waals surface area contributed by atoms with Crippen LogP contribution in [-0.2, 0) is 26.7 Å². The first-order valence-electron chi connectivity index (χ1n) is 6.59. The summed E-state index contributed by atoms with van der Waals surface area (Å²) in [6.45, 7) is 0.138. The van der Waals surface area contributed by atoms with Crippen LogP contribution >= 0.6 is 0 Å². The van der Waals surface area contributed by atoms with Crippen LogP contribution in [0.5, 0.6) is 0 Å². The molecule has 1 aromatic carbocycles. The lowest BCUT2D eigenvalue weighted by Gasteiger charge is -2.23. The fourth-order valence-corrected chi connectivity index (χ4v) is 3.71. The van der Waals surface area contributed by atoms with Gasteiger partial charge in [-0.25, -0.2) is 13.1 Å². The summed E-state index contributed by atoms with van der Waals surface area (Å²) in [6.07, 6.45) is -4.09. The number of rotatable bonds is 4. The zero-order chi connectivity index (χ0) is 16.4. The Morgan fingerprint density at radius 3 is 2.55 bits per heavy atom. The highest BCUT2D eigenvalue weighted by molar-refractivity contribution is 7.88. The van der Waals surface area contributed by atoms with Gasteiger partial charge in [0.1, 0.15) is 0 Å². The third-order valence-corrected chi connectivity index (χ3v) is 4.66. The first kappa shape index (κ1) is 16.8. The van der Waals surface area contributed by atoms with Crippen molar-refractivity contribution in [2.45, 2.75) is 30.8 Å². The van der Waals surface area contributed by atoms with Gasteiger partial charge < -0.3 is 5.32 Å². The number of hydrogen-bond acceptors (Lipinski definition) is 3. The van der Waals surface area contributed by atoms with Crippen molar-refractivity contribution in [2.75, 3.05) is 6.54 Å². The van der Waals surface area contributed by atoms with E-state index in [1.807, 2.05) is 0 Å². The molecule has 5 nitrogen and oxygen atoms in total. The molecule has 0 bridgehead atoms. The first-order valence-corrected chi connectivity index (χ1v) is 8.24. The largest absolute Gasteiger partial charge is 0.416 e. The Bertz CT molecular complexity index is 649. The second kappa shape index (κ2) is 6.25. The second-order valence-electron chi connectivity index (χ2n) is 5.07. The predicted molar refractivity (Wildman–Crippen MR) is 73.2 cm³/mol. The lowest BCUT2D eigenvalue weighted by atomic mass is 10.1. The van der Waals surface area contributed by atoms with Crippen molar-refractivity contribution in [3.8, 4) is 0 Å². The maximum Gasteiger partial charge on any atom is 0.416 e. The summed E-state index contributed by atoms with van der Waals surface area (Å²) in [5, 5.41) is 2.51. The topological polar surface area (TPSA) is 75.3 Å². The Morgan fingerprint density at radius 1 is 1.27 bits per heavy atom. The van der Waals surface area contributed by atoms with Crippen molar-refractivity contribution in [3.63, 3.8) is 0 Å². The van der Waals surface area contributed by atoms with E-state index in [1.54, 1.807) is 0 Å². The minimum absolute atomic E-state index is 0.138. The standard InChI is InChI=1S/C13H15F3N2O3S/c14-13(15,16)11-4-2-1-3-9(11)8-22(20,21)18-10-5-6-12(19)17-7-10/h1-4,10,18H,5-8H2,(H,17,19)/t10-/m0/s1. The Morgan fingerprint density at radius 2 is 1.95 bits per heavy atom. The SMILES string of the molecule is O=C1CC[C@H](NS(=O)(=O)Cc2ccccc2C(F)(F)F)CN1. The van der Waals surface area contributed by atoms with Gasteiger partial charge in [-0.1, -0.05) is 18.2 Å².